The molecule has 1 fully saturated rings. The normalized spacial score (nSPS) is 19.5. The van der Waals surface area contributed by atoms with Crippen LogP contribution in [0.5, 0.6) is 17.5 Å². The van der Waals surface area contributed by atoms with Gasteiger partial charge in [0.1, 0.15) is 12.1 Å². The molecule has 8 nitrogen and oxygen atoms in total. The largest absolute Gasteiger partial charge is 0.474 e. The summed E-state index contributed by atoms with van der Waals surface area (Å²) in [5, 5.41) is 0. The number of aromatic nitrogens is 3. The summed E-state index contributed by atoms with van der Waals surface area (Å²) >= 11 is 0. The van der Waals surface area contributed by atoms with Crippen LogP contribution >= 0.6 is 0 Å². The number of pyridine rings is 1. The van der Waals surface area contributed by atoms with Gasteiger partial charge in [0, 0.05) is 24.7 Å². The fourth-order valence-corrected chi connectivity index (χ4v) is 6.26. The van der Waals surface area contributed by atoms with Crippen molar-refractivity contribution in [3.63, 3.8) is 0 Å². The van der Waals surface area contributed by atoms with Gasteiger partial charge in [-0.2, -0.15) is 4.31 Å². The summed E-state index contributed by atoms with van der Waals surface area (Å²) in [6.45, 7) is 7.44. The van der Waals surface area contributed by atoms with Crippen molar-refractivity contribution < 1.29 is 22.3 Å². The Morgan fingerprint density at radius 2 is 1.80 bits per heavy atom. The summed E-state index contributed by atoms with van der Waals surface area (Å²) in [5.41, 5.74) is 1.37. The number of sulfonamides is 1. The summed E-state index contributed by atoms with van der Waals surface area (Å²) in [7, 11) is -3.77. The minimum Gasteiger partial charge on any atom is -0.474 e. The lowest BCUT2D eigenvalue weighted by atomic mass is 10.1. The fraction of sp³-hybridized carbons (Fsp3) is 0.400. The zero-order valence-electron chi connectivity index (χ0n) is 20.2. The molecule has 3 aromatic rings. The predicted octanol–water partition coefficient (Wildman–Crippen LogP) is 4.82. The summed E-state index contributed by atoms with van der Waals surface area (Å²) in [6, 6.07) is 8.14. The molecule has 0 amide bonds. The molecule has 0 bridgehead atoms. The van der Waals surface area contributed by atoms with E-state index in [-0.39, 0.29) is 23.1 Å². The van der Waals surface area contributed by atoms with Crippen LogP contribution in [0.2, 0.25) is 0 Å². The van der Waals surface area contributed by atoms with E-state index in [1.807, 2.05) is 33.8 Å². The topological polar surface area (TPSA) is 94.5 Å². The summed E-state index contributed by atoms with van der Waals surface area (Å²) < 4.78 is 53.6. The fourth-order valence-electron chi connectivity index (χ4n) is 4.38. The molecule has 3 heterocycles. The Morgan fingerprint density at radius 3 is 2.51 bits per heavy atom. The first-order chi connectivity index (χ1) is 16.7. The molecule has 1 saturated heterocycles. The molecule has 1 aliphatic rings. The van der Waals surface area contributed by atoms with Gasteiger partial charge in [-0.3, -0.25) is 4.98 Å². The highest BCUT2D eigenvalue weighted by atomic mass is 32.2. The highest BCUT2D eigenvalue weighted by Gasteiger charge is 2.40. The van der Waals surface area contributed by atoms with E-state index >= 15 is 0 Å². The third-order valence-electron chi connectivity index (χ3n) is 6.17. The molecule has 1 aliphatic heterocycles. The Kier molecular flexibility index (Phi) is 7.32. The van der Waals surface area contributed by atoms with Crippen LogP contribution in [0, 0.1) is 19.7 Å². The lowest BCUT2D eigenvalue weighted by molar-refractivity contribution is 0.167. The maximum atomic E-state index is 13.3. The van der Waals surface area contributed by atoms with Crippen molar-refractivity contribution in [2.45, 2.75) is 70.0 Å². The highest BCUT2D eigenvalue weighted by Crippen LogP contribution is 2.34. The van der Waals surface area contributed by atoms with E-state index in [2.05, 4.69) is 15.0 Å². The van der Waals surface area contributed by atoms with Crippen LogP contribution < -0.4 is 9.47 Å². The number of halogens is 1. The van der Waals surface area contributed by atoms with Gasteiger partial charge in [-0.1, -0.05) is 0 Å². The van der Waals surface area contributed by atoms with Gasteiger partial charge in [0.25, 0.3) is 0 Å². The molecule has 0 N–H and O–H groups in total. The monoisotopic (exact) mass is 500 g/mol. The van der Waals surface area contributed by atoms with Gasteiger partial charge in [0.2, 0.25) is 21.8 Å². The SMILES string of the molecule is Cc1ncccc1Oc1ncnc(O[C@H](C)CC2CCC(C)N2S(=O)(=O)c2ccc(F)cc2)c1C. The molecule has 2 aromatic heterocycles. The summed E-state index contributed by atoms with van der Waals surface area (Å²) in [6.07, 6.45) is 4.68. The van der Waals surface area contributed by atoms with E-state index in [1.54, 1.807) is 12.3 Å². The average Bonchev–Trinajstić information content (AvgIpc) is 3.18. The summed E-state index contributed by atoms with van der Waals surface area (Å²) in [4.78, 5) is 12.8. The van der Waals surface area contributed by atoms with Crippen molar-refractivity contribution in [2.24, 2.45) is 0 Å². The molecule has 0 aliphatic carbocycles. The van der Waals surface area contributed by atoms with E-state index < -0.39 is 15.8 Å². The van der Waals surface area contributed by atoms with E-state index in [0.29, 0.717) is 35.9 Å². The third kappa shape index (κ3) is 5.43. The van der Waals surface area contributed by atoms with Crippen LogP contribution in [0.15, 0.2) is 53.8 Å². The molecule has 2 unspecified atom stereocenters. The van der Waals surface area contributed by atoms with Crippen molar-refractivity contribution in [1.29, 1.82) is 0 Å². The molecule has 0 spiro atoms. The predicted molar refractivity (Wildman–Crippen MR) is 128 cm³/mol. The minimum atomic E-state index is -3.77. The molecule has 10 heteroatoms. The summed E-state index contributed by atoms with van der Waals surface area (Å²) in [5.74, 6) is 0.866. The van der Waals surface area contributed by atoms with Gasteiger partial charge in [-0.25, -0.2) is 22.8 Å². The Balaban J connectivity index is 1.48. The second-order valence-corrected chi connectivity index (χ2v) is 10.7. The smallest absolute Gasteiger partial charge is 0.243 e. The van der Waals surface area contributed by atoms with Crippen LogP contribution in [-0.2, 0) is 10.0 Å². The lowest BCUT2D eigenvalue weighted by Gasteiger charge is -2.29. The van der Waals surface area contributed by atoms with Gasteiger partial charge in [-0.15, -0.1) is 0 Å². The van der Waals surface area contributed by atoms with Crippen LogP contribution in [0.3, 0.4) is 0 Å². The Bertz CT molecular complexity index is 1290. The first kappa shape index (κ1) is 25.0. The van der Waals surface area contributed by atoms with E-state index in [1.165, 1.54) is 34.9 Å². The van der Waals surface area contributed by atoms with Crippen LogP contribution in [0.25, 0.3) is 0 Å². The number of rotatable bonds is 8. The number of aryl methyl sites for hydroxylation is 1. The Hall–Kier alpha value is -3.11. The maximum Gasteiger partial charge on any atom is 0.243 e. The first-order valence-electron chi connectivity index (χ1n) is 11.5. The van der Waals surface area contributed by atoms with E-state index in [4.69, 9.17) is 9.47 Å². The Morgan fingerprint density at radius 1 is 1.09 bits per heavy atom. The van der Waals surface area contributed by atoms with Gasteiger partial charge < -0.3 is 9.47 Å². The number of ether oxygens (including phenoxy) is 2. The highest BCUT2D eigenvalue weighted by molar-refractivity contribution is 7.89. The van der Waals surface area contributed by atoms with Crippen molar-refractivity contribution in [2.75, 3.05) is 0 Å². The molecular weight excluding hydrogens is 471 g/mol. The number of benzene rings is 1. The van der Waals surface area contributed by atoms with E-state index in [0.717, 1.165) is 12.1 Å². The van der Waals surface area contributed by atoms with E-state index in [9.17, 15) is 12.8 Å². The molecule has 1 aromatic carbocycles. The van der Waals surface area contributed by atoms with Gasteiger partial charge in [-0.05, 0) is 76.9 Å². The molecule has 4 rings (SSSR count). The standard InChI is InChI=1S/C25H29FN4O4S/c1-16-7-10-21(30(16)35(31,32)22-11-8-20(26)9-12-22)14-17(2)33-24-18(3)25(29-15-28-24)34-23-6-5-13-27-19(23)4/h5-6,8-9,11-13,15-17,21H,7,10,14H2,1-4H3/t16?,17-,21?/m1/s1. The molecule has 0 saturated carbocycles. The second-order valence-electron chi connectivity index (χ2n) is 8.83. The molecule has 186 valence electrons. The number of hydrogen-bond donors (Lipinski definition) is 0. The van der Waals surface area contributed by atoms with Gasteiger partial charge in [0.15, 0.2) is 5.75 Å². The van der Waals surface area contributed by atoms with Crippen molar-refractivity contribution in [3.8, 4) is 17.5 Å². The molecule has 0 radical (unpaired) electrons. The van der Waals surface area contributed by atoms with Crippen molar-refractivity contribution in [3.05, 3.63) is 66.0 Å². The molecule has 3 atom stereocenters. The van der Waals surface area contributed by atoms with Gasteiger partial charge >= 0.3 is 0 Å². The Labute approximate surface area is 205 Å². The average molecular weight is 501 g/mol. The van der Waals surface area contributed by atoms with Crippen molar-refractivity contribution in [1.82, 2.24) is 19.3 Å². The lowest BCUT2D eigenvalue weighted by Crippen LogP contribution is -2.41. The van der Waals surface area contributed by atoms with Gasteiger partial charge in [0.05, 0.1) is 22.3 Å². The number of hydrogen-bond acceptors (Lipinski definition) is 7. The van der Waals surface area contributed by atoms with Crippen LogP contribution in [0.1, 0.15) is 44.4 Å². The molecule has 35 heavy (non-hydrogen) atoms. The van der Waals surface area contributed by atoms with Crippen molar-refractivity contribution >= 4 is 10.0 Å². The minimum absolute atomic E-state index is 0.0883. The second kappa shape index (κ2) is 10.2. The zero-order valence-corrected chi connectivity index (χ0v) is 21.0. The van der Waals surface area contributed by atoms with Crippen LogP contribution in [0.4, 0.5) is 4.39 Å². The number of nitrogens with zero attached hydrogens (tertiary/aromatic N) is 4. The van der Waals surface area contributed by atoms with Crippen LogP contribution in [-0.4, -0.2) is 45.9 Å². The first-order valence-corrected chi connectivity index (χ1v) is 13.0. The molecular formula is C25H29FN4O4S. The maximum absolute atomic E-state index is 13.3. The quantitative estimate of drug-likeness (QED) is 0.438. The zero-order chi connectivity index (χ0) is 25.2. The third-order valence-corrected chi connectivity index (χ3v) is 8.26.